The minimum Gasteiger partial charge on any atom is -0.495 e. The lowest BCUT2D eigenvalue weighted by atomic mass is 10.1. The fourth-order valence-electron chi connectivity index (χ4n) is 2.59. The second-order valence-electron chi connectivity index (χ2n) is 5.23. The molecule has 1 aromatic carbocycles. The highest BCUT2D eigenvalue weighted by molar-refractivity contribution is 5.45. The van der Waals surface area contributed by atoms with Crippen molar-refractivity contribution in [3.8, 4) is 11.8 Å². The van der Waals surface area contributed by atoms with E-state index in [4.69, 9.17) is 10.00 Å². The highest BCUT2D eigenvalue weighted by Crippen LogP contribution is 2.19. The van der Waals surface area contributed by atoms with Crippen molar-refractivity contribution in [1.82, 2.24) is 10.2 Å². The molecule has 0 atom stereocenters. The van der Waals surface area contributed by atoms with Gasteiger partial charge in [0.25, 0.3) is 0 Å². The zero-order valence-corrected chi connectivity index (χ0v) is 12.2. The molecular weight excluding hydrogens is 250 g/mol. The second-order valence-corrected chi connectivity index (χ2v) is 5.23. The first kappa shape index (κ1) is 14.8. The van der Waals surface area contributed by atoms with Crippen LogP contribution in [0.3, 0.4) is 0 Å². The molecule has 1 aliphatic rings. The average Bonchev–Trinajstić information content (AvgIpc) is 2.52. The van der Waals surface area contributed by atoms with Crippen molar-refractivity contribution in [2.24, 2.45) is 0 Å². The molecule has 108 valence electrons. The first-order chi connectivity index (χ1) is 9.83. The molecule has 2 rings (SSSR count). The number of methoxy groups -OCH3 is 1. The number of nitrogens with zero attached hydrogens (tertiary/aromatic N) is 2. The van der Waals surface area contributed by atoms with Crippen molar-refractivity contribution in [3.05, 3.63) is 29.3 Å². The Morgan fingerprint density at radius 3 is 2.80 bits per heavy atom. The third-order valence-electron chi connectivity index (χ3n) is 3.77. The smallest absolute Gasteiger partial charge is 0.136 e. The van der Waals surface area contributed by atoms with E-state index in [2.05, 4.69) is 16.3 Å². The van der Waals surface area contributed by atoms with Gasteiger partial charge in [0.1, 0.15) is 11.8 Å². The van der Waals surface area contributed by atoms with Crippen LogP contribution in [0.5, 0.6) is 5.75 Å². The Morgan fingerprint density at radius 1 is 1.30 bits per heavy atom. The van der Waals surface area contributed by atoms with E-state index in [-0.39, 0.29) is 0 Å². The number of nitrogens with one attached hydrogen (secondary N) is 1. The van der Waals surface area contributed by atoms with E-state index in [0.717, 1.165) is 25.2 Å². The van der Waals surface area contributed by atoms with Crippen molar-refractivity contribution in [2.45, 2.75) is 25.8 Å². The van der Waals surface area contributed by atoms with Gasteiger partial charge >= 0.3 is 0 Å². The molecule has 0 aliphatic carbocycles. The molecule has 1 N–H and O–H groups in total. The van der Waals surface area contributed by atoms with Crippen molar-refractivity contribution < 1.29 is 4.74 Å². The van der Waals surface area contributed by atoms with E-state index in [0.29, 0.717) is 11.3 Å². The number of nitriles is 1. The molecule has 0 unspecified atom stereocenters. The van der Waals surface area contributed by atoms with Gasteiger partial charge in [-0.2, -0.15) is 5.26 Å². The van der Waals surface area contributed by atoms with Gasteiger partial charge in [-0.25, -0.2) is 0 Å². The topological polar surface area (TPSA) is 48.3 Å². The van der Waals surface area contributed by atoms with Crippen molar-refractivity contribution in [1.29, 1.82) is 5.26 Å². The molecule has 4 nitrogen and oxygen atoms in total. The molecule has 0 radical (unpaired) electrons. The van der Waals surface area contributed by atoms with Gasteiger partial charge in [0.05, 0.1) is 12.7 Å². The molecule has 0 bridgehead atoms. The molecule has 0 spiro atoms. The normalized spacial score (nSPS) is 15.8. The standard InChI is InChI=1S/C16H23N3O/c1-20-16-11-14(5-6-15(16)12-17)13-18-7-10-19-8-3-2-4-9-19/h5-6,11,18H,2-4,7-10,13H2,1H3. The summed E-state index contributed by atoms with van der Waals surface area (Å²) >= 11 is 0. The number of hydrogen-bond acceptors (Lipinski definition) is 4. The van der Waals surface area contributed by atoms with Gasteiger partial charge in [0, 0.05) is 19.6 Å². The molecule has 0 aromatic heterocycles. The third kappa shape index (κ3) is 4.22. The average molecular weight is 273 g/mol. The molecule has 1 saturated heterocycles. The van der Waals surface area contributed by atoms with Crippen LogP contribution in [0, 0.1) is 11.3 Å². The predicted molar refractivity (Wildman–Crippen MR) is 79.7 cm³/mol. The van der Waals surface area contributed by atoms with E-state index < -0.39 is 0 Å². The van der Waals surface area contributed by atoms with Crippen LogP contribution in [-0.4, -0.2) is 38.2 Å². The van der Waals surface area contributed by atoms with Crippen LogP contribution in [0.25, 0.3) is 0 Å². The summed E-state index contributed by atoms with van der Waals surface area (Å²) in [5.41, 5.74) is 1.74. The Labute approximate surface area is 121 Å². The number of likely N-dealkylation sites (tertiary alicyclic amines) is 1. The lowest BCUT2D eigenvalue weighted by molar-refractivity contribution is 0.229. The first-order valence-corrected chi connectivity index (χ1v) is 7.33. The lowest BCUT2D eigenvalue weighted by Crippen LogP contribution is -2.35. The van der Waals surface area contributed by atoms with Crippen LogP contribution in [0.4, 0.5) is 0 Å². The van der Waals surface area contributed by atoms with Crippen LogP contribution in [0.15, 0.2) is 18.2 Å². The fraction of sp³-hybridized carbons (Fsp3) is 0.562. The Kier molecular flexibility index (Phi) is 5.85. The van der Waals surface area contributed by atoms with Crippen LogP contribution < -0.4 is 10.1 Å². The summed E-state index contributed by atoms with van der Waals surface area (Å²) in [5.74, 6) is 0.655. The van der Waals surface area contributed by atoms with Gasteiger partial charge in [0.2, 0.25) is 0 Å². The van der Waals surface area contributed by atoms with Gasteiger partial charge in [-0.15, -0.1) is 0 Å². The van der Waals surface area contributed by atoms with Crippen molar-refractivity contribution in [2.75, 3.05) is 33.3 Å². The first-order valence-electron chi connectivity index (χ1n) is 7.33. The highest BCUT2D eigenvalue weighted by atomic mass is 16.5. The quantitative estimate of drug-likeness (QED) is 0.807. The maximum absolute atomic E-state index is 8.95. The van der Waals surface area contributed by atoms with E-state index in [9.17, 15) is 0 Å². The molecular formula is C16H23N3O. The molecule has 1 aromatic rings. The minimum atomic E-state index is 0.588. The van der Waals surface area contributed by atoms with Crippen molar-refractivity contribution >= 4 is 0 Å². The zero-order valence-electron chi connectivity index (χ0n) is 12.2. The van der Waals surface area contributed by atoms with Gasteiger partial charge in [0.15, 0.2) is 0 Å². The largest absolute Gasteiger partial charge is 0.495 e. The monoisotopic (exact) mass is 273 g/mol. The predicted octanol–water partition coefficient (Wildman–Crippen LogP) is 2.14. The van der Waals surface area contributed by atoms with E-state index in [1.165, 1.54) is 32.4 Å². The van der Waals surface area contributed by atoms with Crippen LogP contribution >= 0.6 is 0 Å². The van der Waals surface area contributed by atoms with Crippen LogP contribution in [0.2, 0.25) is 0 Å². The third-order valence-corrected chi connectivity index (χ3v) is 3.77. The fourth-order valence-corrected chi connectivity index (χ4v) is 2.59. The van der Waals surface area contributed by atoms with Crippen LogP contribution in [0.1, 0.15) is 30.4 Å². The molecule has 0 saturated carbocycles. The van der Waals surface area contributed by atoms with Gasteiger partial charge in [-0.05, 0) is 43.6 Å². The SMILES string of the molecule is COc1cc(CNCCN2CCCCC2)ccc1C#N. The summed E-state index contributed by atoms with van der Waals surface area (Å²) in [5, 5.41) is 12.4. The van der Waals surface area contributed by atoms with Gasteiger partial charge in [-0.3, -0.25) is 0 Å². The lowest BCUT2D eigenvalue weighted by Gasteiger charge is -2.26. The Bertz CT molecular complexity index is 461. The number of ether oxygens (including phenoxy) is 1. The number of piperidine rings is 1. The Morgan fingerprint density at radius 2 is 2.10 bits per heavy atom. The van der Waals surface area contributed by atoms with Crippen molar-refractivity contribution in [3.63, 3.8) is 0 Å². The summed E-state index contributed by atoms with van der Waals surface area (Å²) in [6, 6.07) is 7.87. The summed E-state index contributed by atoms with van der Waals surface area (Å²) in [7, 11) is 1.60. The van der Waals surface area contributed by atoms with E-state index in [1.54, 1.807) is 7.11 Å². The van der Waals surface area contributed by atoms with Gasteiger partial charge in [-0.1, -0.05) is 12.5 Å². The number of hydrogen-bond donors (Lipinski definition) is 1. The van der Waals surface area contributed by atoms with Gasteiger partial charge < -0.3 is 15.0 Å². The number of rotatable bonds is 6. The number of benzene rings is 1. The summed E-state index contributed by atoms with van der Waals surface area (Å²) in [4.78, 5) is 2.52. The summed E-state index contributed by atoms with van der Waals surface area (Å²) < 4.78 is 5.22. The molecule has 20 heavy (non-hydrogen) atoms. The zero-order chi connectivity index (χ0) is 14.2. The van der Waals surface area contributed by atoms with Crippen LogP contribution in [-0.2, 0) is 6.54 Å². The van der Waals surface area contributed by atoms with E-state index in [1.807, 2.05) is 18.2 Å². The maximum atomic E-state index is 8.95. The minimum absolute atomic E-state index is 0.588. The summed E-state index contributed by atoms with van der Waals surface area (Å²) in [6.45, 7) is 5.42. The second kappa shape index (κ2) is 7.88. The molecule has 0 amide bonds. The molecule has 1 heterocycles. The molecule has 1 aliphatic heterocycles. The maximum Gasteiger partial charge on any atom is 0.136 e. The molecule has 1 fully saturated rings. The molecule has 4 heteroatoms. The Hall–Kier alpha value is -1.57. The highest BCUT2D eigenvalue weighted by Gasteiger charge is 2.09. The van der Waals surface area contributed by atoms with E-state index >= 15 is 0 Å². The Balaban J connectivity index is 1.75. The summed E-state index contributed by atoms with van der Waals surface area (Å²) in [6.07, 6.45) is 4.06.